The van der Waals surface area contributed by atoms with Gasteiger partial charge in [0.15, 0.2) is 0 Å². The molecular weight excluding hydrogens is 364 g/mol. The Morgan fingerprint density at radius 2 is 1.68 bits per heavy atom. The fourth-order valence-electron chi connectivity index (χ4n) is 2.49. The molecule has 0 saturated heterocycles. The number of hydrogen-bond donors (Lipinski definition) is 2. The third kappa shape index (κ3) is 4.13. The average Bonchev–Trinajstić information content (AvgIpc) is 3.16. The number of carbonyl (C=O) groups excluding carboxylic acids is 1. The molecule has 2 aromatic carbocycles. The lowest BCUT2D eigenvalue weighted by atomic mass is 10.1. The summed E-state index contributed by atoms with van der Waals surface area (Å²) in [7, 11) is 0. The van der Waals surface area contributed by atoms with Gasteiger partial charge in [-0.3, -0.25) is 14.9 Å². The summed E-state index contributed by atoms with van der Waals surface area (Å²) in [5.74, 6) is -1.61. The van der Waals surface area contributed by atoms with Crippen molar-refractivity contribution in [3.8, 4) is 11.3 Å². The average molecular weight is 378 g/mol. The summed E-state index contributed by atoms with van der Waals surface area (Å²) in [6.45, 7) is 0. The molecule has 0 unspecified atom stereocenters. The number of nitrogens with one attached hydrogen (secondary N) is 1. The third-order valence-electron chi connectivity index (χ3n) is 3.79. The predicted molar refractivity (Wildman–Crippen MR) is 100 cm³/mol. The fraction of sp³-hybridized carbons (Fsp3) is 0. The Labute approximate surface area is 158 Å². The van der Waals surface area contributed by atoms with Gasteiger partial charge in [-0.15, -0.1) is 0 Å². The van der Waals surface area contributed by atoms with Crippen molar-refractivity contribution in [2.45, 2.75) is 0 Å². The number of aliphatic carboxylic acids is 1. The molecular formula is C20H14N2O6. The minimum atomic E-state index is -1.35. The van der Waals surface area contributed by atoms with Crippen LogP contribution in [0.2, 0.25) is 0 Å². The Hall–Kier alpha value is -4.20. The highest BCUT2D eigenvalue weighted by atomic mass is 16.6. The smallest absolute Gasteiger partial charge is 0.352 e. The van der Waals surface area contributed by atoms with Gasteiger partial charge in [0.25, 0.3) is 11.6 Å². The third-order valence-corrected chi connectivity index (χ3v) is 3.79. The summed E-state index contributed by atoms with van der Waals surface area (Å²) < 4.78 is 5.53. The molecule has 0 saturated carbocycles. The van der Waals surface area contributed by atoms with Crippen LogP contribution in [0.25, 0.3) is 17.4 Å². The molecule has 0 bridgehead atoms. The fourth-order valence-corrected chi connectivity index (χ4v) is 2.49. The van der Waals surface area contributed by atoms with Crippen molar-refractivity contribution in [3.63, 3.8) is 0 Å². The van der Waals surface area contributed by atoms with Crippen molar-refractivity contribution in [1.82, 2.24) is 5.32 Å². The van der Waals surface area contributed by atoms with Gasteiger partial charge in [0.1, 0.15) is 17.2 Å². The molecule has 8 nitrogen and oxygen atoms in total. The Kier molecular flexibility index (Phi) is 5.31. The number of carbonyl (C=O) groups is 2. The highest BCUT2D eigenvalue weighted by Gasteiger charge is 2.18. The van der Waals surface area contributed by atoms with E-state index in [2.05, 4.69) is 5.32 Å². The number of amides is 1. The van der Waals surface area contributed by atoms with Gasteiger partial charge in [0.2, 0.25) is 0 Å². The number of benzene rings is 2. The van der Waals surface area contributed by atoms with Crippen LogP contribution < -0.4 is 5.32 Å². The number of rotatable bonds is 6. The zero-order valence-electron chi connectivity index (χ0n) is 14.4. The minimum Gasteiger partial charge on any atom is -0.477 e. The van der Waals surface area contributed by atoms with Crippen LogP contribution in [0.15, 0.2) is 76.8 Å². The van der Waals surface area contributed by atoms with Crippen molar-refractivity contribution >= 4 is 23.6 Å². The summed E-state index contributed by atoms with van der Waals surface area (Å²) in [6, 6.07) is 17.1. The lowest BCUT2D eigenvalue weighted by Gasteiger charge is -2.05. The van der Waals surface area contributed by atoms with Crippen molar-refractivity contribution in [1.29, 1.82) is 0 Å². The lowest BCUT2D eigenvalue weighted by molar-refractivity contribution is -0.384. The highest BCUT2D eigenvalue weighted by molar-refractivity contribution is 6.02. The molecule has 1 heterocycles. The molecule has 8 heteroatoms. The maximum Gasteiger partial charge on any atom is 0.352 e. The Balaban J connectivity index is 1.88. The largest absolute Gasteiger partial charge is 0.477 e. The second-order valence-corrected chi connectivity index (χ2v) is 5.66. The number of nitro benzene ring substituents is 1. The summed E-state index contributed by atoms with van der Waals surface area (Å²) in [4.78, 5) is 34.3. The number of carboxylic acid groups (broad SMARTS) is 1. The Morgan fingerprint density at radius 3 is 2.36 bits per heavy atom. The quantitative estimate of drug-likeness (QED) is 0.383. The van der Waals surface area contributed by atoms with Crippen LogP contribution in [0.4, 0.5) is 5.69 Å². The van der Waals surface area contributed by atoms with Crippen LogP contribution in [-0.4, -0.2) is 21.9 Å². The molecule has 1 aromatic heterocycles. The normalized spacial score (nSPS) is 11.1. The van der Waals surface area contributed by atoms with Gasteiger partial charge in [0, 0.05) is 17.7 Å². The van der Waals surface area contributed by atoms with Crippen LogP contribution in [0.5, 0.6) is 0 Å². The number of hydrogen-bond acceptors (Lipinski definition) is 5. The van der Waals surface area contributed by atoms with E-state index in [-0.39, 0.29) is 22.8 Å². The van der Waals surface area contributed by atoms with Crippen molar-refractivity contribution in [2.24, 2.45) is 0 Å². The molecule has 0 aliphatic heterocycles. The molecule has 140 valence electrons. The first-order valence-corrected chi connectivity index (χ1v) is 8.10. The standard InChI is InChI=1S/C20H14N2O6/c23-19(13-6-2-1-3-7-13)21-16(20(24)25)12-14-10-11-18(28-14)15-8-4-5-9-17(15)22(26)27/h1-12H,(H,21,23)(H,24,25)/b16-12-. The van der Waals surface area contributed by atoms with E-state index in [1.807, 2.05) is 0 Å². The number of furan rings is 1. The first-order valence-electron chi connectivity index (χ1n) is 8.10. The van der Waals surface area contributed by atoms with Crippen LogP contribution in [0.1, 0.15) is 16.1 Å². The van der Waals surface area contributed by atoms with Crippen LogP contribution in [0, 0.1) is 10.1 Å². The maximum absolute atomic E-state index is 12.2. The first-order chi connectivity index (χ1) is 13.5. The molecule has 0 aliphatic carbocycles. The second-order valence-electron chi connectivity index (χ2n) is 5.66. The van der Waals surface area contributed by atoms with Gasteiger partial charge in [-0.25, -0.2) is 4.79 Å². The minimum absolute atomic E-state index is 0.124. The van der Waals surface area contributed by atoms with E-state index in [1.165, 1.54) is 30.3 Å². The lowest BCUT2D eigenvalue weighted by Crippen LogP contribution is -2.27. The highest BCUT2D eigenvalue weighted by Crippen LogP contribution is 2.31. The van der Waals surface area contributed by atoms with Gasteiger partial charge in [-0.1, -0.05) is 30.3 Å². The Morgan fingerprint density at radius 1 is 1.00 bits per heavy atom. The van der Waals surface area contributed by atoms with E-state index < -0.39 is 22.5 Å². The molecule has 3 rings (SSSR count). The number of carboxylic acids is 1. The van der Waals surface area contributed by atoms with Crippen molar-refractivity contribution in [3.05, 3.63) is 93.9 Å². The molecule has 0 fully saturated rings. The van der Waals surface area contributed by atoms with Gasteiger partial charge in [0.05, 0.1) is 10.5 Å². The topological polar surface area (TPSA) is 123 Å². The summed E-state index contributed by atoms with van der Waals surface area (Å²) in [6.07, 6.45) is 1.14. The number of nitro groups is 1. The van der Waals surface area contributed by atoms with Gasteiger partial charge < -0.3 is 14.8 Å². The molecule has 0 aliphatic rings. The van der Waals surface area contributed by atoms with E-state index in [4.69, 9.17) is 4.42 Å². The van der Waals surface area contributed by atoms with Gasteiger partial charge in [-0.2, -0.15) is 0 Å². The molecule has 0 spiro atoms. The summed E-state index contributed by atoms with van der Waals surface area (Å²) in [5, 5.41) is 22.8. The van der Waals surface area contributed by atoms with E-state index in [1.54, 1.807) is 36.4 Å². The van der Waals surface area contributed by atoms with E-state index in [0.29, 0.717) is 5.56 Å². The van der Waals surface area contributed by atoms with Crippen LogP contribution in [0.3, 0.4) is 0 Å². The molecule has 0 radical (unpaired) electrons. The van der Waals surface area contributed by atoms with Gasteiger partial charge >= 0.3 is 5.97 Å². The maximum atomic E-state index is 12.2. The van der Waals surface area contributed by atoms with Gasteiger partial charge in [-0.05, 0) is 30.3 Å². The Bertz CT molecular complexity index is 1070. The van der Waals surface area contributed by atoms with E-state index in [0.717, 1.165) is 6.08 Å². The van der Waals surface area contributed by atoms with Crippen molar-refractivity contribution < 1.29 is 24.0 Å². The zero-order valence-corrected chi connectivity index (χ0v) is 14.4. The van der Waals surface area contributed by atoms with E-state index >= 15 is 0 Å². The van der Waals surface area contributed by atoms with Crippen LogP contribution >= 0.6 is 0 Å². The molecule has 1 amide bonds. The summed E-state index contributed by atoms with van der Waals surface area (Å²) in [5.41, 5.74) is 0.0348. The SMILES string of the molecule is O=C(O)/C(=C/c1ccc(-c2ccccc2[N+](=O)[O-])o1)NC(=O)c1ccccc1. The summed E-state index contributed by atoms with van der Waals surface area (Å²) >= 11 is 0. The van der Waals surface area contributed by atoms with Crippen LogP contribution in [-0.2, 0) is 4.79 Å². The van der Waals surface area contributed by atoms with Crippen molar-refractivity contribution in [2.75, 3.05) is 0 Å². The number of nitrogens with zero attached hydrogens (tertiary/aromatic N) is 1. The number of para-hydroxylation sites is 1. The predicted octanol–water partition coefficient (Wildman–Crippen LogP) is 3.71. The first kappa shape index (κ1) is 18.6. The monoisotopic (exact) mass is 378 g/mol. The zero-order chi connectivity index (χ0) is 20.1. The molecule has 2 N–H and O–H groups in total. The molecule has 3 aromatic rings. The second kappa shape index (κ2) is 8.00. The molecule has 0 atom stereocenters. The van der Waals surface area contributed by atoms with E-state index in [9.17, 15) is 24.8 Å². The molecule has 28 heavy (non-hydrogen) atoms.